The first-order valence-electron chi connectivity index (χ1n) is 10.2. The summed E-state index contributed by atoms with van der Waals surface area (Å²) in [6, 6.07) is 19.7. The molecule has 3 N–H and O–H groups in total. The molecular formula is C25H24O6. The Balaban J connectivity index is 1.82. The SMILES string of the molecule is COc1cc(OC)c2c(c1)O[C@@]1(c3ccc(O)cc3)[C@H](c3ccccc3)C[C@@H](O)[C@@]21O. The van der Waals surface area contributed by atoms with Gasteiger partial charge in [-0.15, -0.1) is 0 Å². The van der Waals surface area contributed by atoms with Crippen LogP contribution in [0.3, 0.4) is 0 Å². The maximum absolute atomic E-state index is 12.3. The number of benzene rings is 3. The molecule has 0 aromatic heterocycles. The second kappa shape index (κ2) is 6.90. The van der Waals surface area contributed by atoms with E-state index in [0.29, 0.717) is 28.4 Å². The van der Waals surface area contributed by atoms with Crippen LogP contribution < -0.4 is 14.2 Å². The van der Waals surface area contributed by atoms with Gasteiger partial charge in [-0.1, -0.05) is 42.5 Å². The van der Waals surface area contributed by atoms with Crippen LogP contribution in [0.25, 0.3) is 0 Å². The monoisotopic (exact) mass is 420 g/mol. The molecule has 4 atom stereocenters. The number of aliphatic hydroxyl groups is 2. The summed E-state index contributed by atoms with van der Waals surface area (Å²) in [5.74, 6) is 1.04. The molecule has 1 saturated carbocycles. The molecule has 0 spiro atoms. The van der Waals surface area contributed by atoms with E-state index in [1.807, 2.05) is 30.3 Å². The zero-order valence-electron chi connectivity index (χ0n) is 17.3. The van der Waals surface area contributed by atoms with Crippen molar-refractivity contribution in [2.75, 3.05) is 14.2 Å². The lowest BCUT2D eigenvalue weighted by Gasteiger charge is -2.40. The summed E-state index contributed by atoms with van der Waals surface area (Å²) in [7, 11) is 3.05. The molecular weight excluding hydrogens is 396 g/mol. The van der Waals surface area contributed by atoms with Crippen LogP contribution in [0.1, 0.15) is 29.0 Å². The lowest BCUT2D eigenvalue weighted by molar-refractivity contribution is -0.150. The van der Waals surface area contributed by atoms with Gasteiger partial charge in [0.25, 0.3) is 0 Å². The van der Waals surface area contributed by atoms with Gasteiger partial charge < -0.3 is 29.5 Å². The van der Waals surface area contributed by atoms with Crippen LogP contribution in [-0.2, 0) is 11.2 Å². The number of phenols is 1. The summed E-state index contributed by atoms with van der Waals surface area (Å²) in [5, 5.41) is 33.4. The molecule has 31 heavy (non-hydrogen) atoms. The highest BCUT2D eigenvalue weighted by molar-refractivity contribution is 5.62. The van der Waals surface area contributed by atoms with Crippen LogP contribution in [-0.4, -0.2) is 35.6 Å². The predicted octanol–water partition coefficient (Wildman–Crippen LogP) is 3.43. The van der Waals surface area contributed by atoms with E-state index in [2.05, 4.69) is 0 Å². The number of fused-ring (bicyclic) bond motifs is 3. The first kappa shape index (κ1) is 19.7. The lowest BCUT2D eigenvalue weighted by atomic mass is 9.71. The zero-order valence-corrected chi connectivity index (χ0v) is 17.3. The number of ether oxygens (including phenoxy) is 3. The Morgan fingerprint density at radius 3 is 2.32 bits per heavy atom. The first-order chi connectivity index (χ1) is 15.0. The number of methoxy groups -OCH3 is 2. The smallest absolute Gasteiger partial charge is 0.176 e. The molecule has 5 rings (SSSR count). The summed E-state index contributed by atoms with van der Waals surface area (Å²) in [6.45, 7) is 0. The van der Waals surface area contributed by atoms with Gasteiger partial charge in [0.05, 0.1) is 25.9 Å². The fourth-order valence-corrected chi connectivity index (χ4v) is 5.29. The Morgan fingerprint density at radius 1 is 0.968 bits per heavy atom. The van der Waals surface area contributed by atoms with Crippen molar-refractivity contribution in [3.05, 3.63) is 83.4 Å². The molecule has 160 valence electrons. The molecule has 3 aromatic rings. The fourth-order valence-electron chi connectivity index (χ4n) is 5.29. The lowest BCUT2D eigenvalue weighted by Crippen LogP contribution is -2.52. The highest BCUT2D eigenvalue weighted by atomic mass is 16.5. The Bertz CT molecular complexity index is 1110. The maximum Gasteiger partial charge on any atom is 0.176 e. The van der Waals surface area contributed by atoms with E-state index < -0.39 is 17.3 Å². The van der Waals surface area contributed by atoms with Crippen LogP contribution in [0.15, 0.2) is 66.7 Å². The van der Waals surface area contributed by atoms with Crippen LogP contribution >= 0.6 is 0 Å². The van der Waals surface area contributed by atoms with Crippen molar-refractivity contribution in [2.45, 2.75) is 29.6 Å². The van der Waals surface area contributed by atoms with E-state index in [1.54, 1.807) is 43.5 Å². The predicted molar refractivity (Wildman–Crippen MR) is 114 cm³/mol. The second-order valence-corrected chi connectivity index (χ2v) is 8.07. The minimum absolute atomic E-state index is 0.105. The molecule has 0 saturated heterocycles. The molecule has 1 heterocycles. The third-order valence-electron chi connectivity index (χ3n) is 6.64. The third kappa shape index (κ3) is 2.52. The van der Waals surface area contributed by atoms with Gasteiger partial charge in [-0.2, -0.15) is 0 Å². The Labute approximate surface area is 180 Å². The second-order valence-electron chi connectivity index (χ2n) is 8.07. The van der Waals surface area contributed by atoms with E-state index >= 15 is 0 Å². The Morgan fingerprint density at radius 2 is 1.68 bits per heavy atom. The van der Waals surface area contributed by atoms with Gasteiger partial charge >= 0.3 is 0 Å². The fraction of sp³-hybridized carbons (Fsp3) is 0.280. The number of rotatable bonds is 4. The molecule has 2 aliphatic rings. The molecule has 6 heteroatoms. The van der Waals surface area contributed by atoms with Crippen molar-refractivity contribution in [1.82, 2.24) is 0 Å². The largest absolute Gasteiger partial charge is 0.508 e. The molecule has 0 unspecified atom stereocenters. The van der Waals surface area contributed by atoms with Crippen LogP contribution in [0.2, 0.25) is 0 Å². The van der Waals surface area contributed by atoms with Gasteiger partial charge in [0.15, 0.2) is 11.2 Å². The van der Waals surface area contributed by atoms with Crippen molar-refractivity contribution in [3.8, 4) is 23.0 Å². The summed E-state index contributed by atoms with van der Waals surface area (Å²) < 4.78 is 17.6. The van der Waals surface area contributed by atoms with Crippen molar-refractivity contribution in [1.29, 1.82) is 0 Å². The minimum Gasteiger partial charge on any atom is -0.508 e. The highest BCUT2D eigenvalue weighted by Crippen LogP contribution is 2.68. The standard InChI is InChI=1S/C25H24O6/c1-29-18-12-20(30-2)23-21(13-18)31-25(16-8-10-17(26)11-9-16)19(14-22(27)24(23,25)28)15-6-4-3-5-7-15/h3-13,19,22,26-28H,14H2,1-2H3/t19-,22+,24+,25-/m0/s1. The summed E-state index contributed by atoms with van der Waals surface area (Å²) in [6.07, 6.45) is -0.828. The zero-order chi connectivity index (χ0) is 21.8. The van der Waals surface area contributed by atoms with Gasteiger partial charge in [-0.25, -0.2) is 0 Å². The summed E-state index contributed by atoms with van der Waals surface area (Å²) >= 11 is 0. The molecule has 0 amide bonds. The average Bonchev–Trinajstić information content (AvgIpc) is 3.19. The van der Waals surface area contributed by atoms with E-state index in [0.717, 1.165) is 5.56 Å². The van der Waals surface area contributed by atoms with Gasteiger partial charge in [-0.05, 0) is 29.7 Å². The Hall–Kier alpha value is -3.22. The Kier molecular flexibility index (Phi) is 4.39. The highest BCUT2D eigenvalue weighted by Gasteiger charge is 2.73. The number of phenolic OH excluding ortho intramolecular Hbond substituents is 1. The number of hydrogen-bond donors (Lipinski definition) is 3. The summed E-state index contributed by atoms with van der Waals surface area (Å²) in [5.41, 5.74) is -1.13. The first-order valence-corrected chi connectivity index (χ1v) is 10.2. The number of aromatic hydroxyl groups is 1. The van der Waals surface area contributed by atoms with Crippen molar-refractivity contribution in [2.24, 2.45) is 0 Å². The van der Waals surface area contributed by atoms with E-state index in [9.17, 15) is 15.3 Å². The van der Waals surface area contributed by atoms with Gasteiger partial charge in [0.2, 0.25) is 0 Å². The molecule has 3 aromatic carbocycles. The van der Waals surface area contributed by atoms with Crippen LogP contribution in [0, 0.1) is 0 Å². The normalized spacial score (nSPS) is 28.5. The average molecular weight is 420 g/mol. The molecule has 0 radical (unpaired) electrons. The molecule has 1 aliphatic heterocycles. The van der Waals surface area contributed by atoms with Crippen molar-refractivity contribution < 1.29 is 29.5 Å². The van der Waals surface area contributed by atoms with Crippen LogP contribution in [0.4, 0.5) is 0 Å². The maximum atomic E-state index is 12.3. The van der Waals surface area contributed by atoms with Gasteiger partial charge in [0, 0.05) is 18.1 Å². The van der Waals surface area contributed by atoms with Gasteiger partial charge in [0.1, 0.15) is 23.0 Å². The molecule has 0 bridgehead atoms. The topological polar surface area (TPSA) is 88.4 Å². The van der Waals surface area contributed by atoms with E-state index in [1.165, 1.54) is 7.11 Å². The quantitative estimate of drug-likeness (QED) is 0.599. The number of hydrogen-bond acceptors (Lipinski definition) is 6. The number of aliphatic hydroxyl groups excluding tert-OH is 1. The van der Waals surface area contributed by atoms with Gasteiger partial charge in [-0.3, -0.25) is 0 Å². The summed E-state index contributed by atoms with van der Waals surface area (Å²) in [4.78, 5) is 0. The molecule has 6 nitrogen and oxygen atoms in total. The molecule has 1 fully saturated rings. The third-order valence-corrected chi connectivity index (χ3v) is 6.64. The minimum atomic E-state index is -1.78. The van der Waals surface area contributed by atoms with E-state index in [4.69, 9.17) is 14.2 Å². The molecule has 1 aliphatic carbocycles. The van der Waals surface area contributed by atoms with Crippen molar-refractivity contribution in [3.63, 3.8) is 0 Å². The van der Waals surface area contributed by atoms with Crippen LogP contribution in [0.5, 0.6) is 23.0 Å². The van der Waals surface area contributed by atoms with E-state index in [-0.39, 0.29) is 18.1 Å². The van der Waals surface area contributed by atoms with Crippen molar-refractivity contribution >= 4 is 0 Å².